The monoisotopic (exact) mass is 300 g/mol. The Hall–Kier alpha value is -1.93. The molecule has 2 amide bonds. The minimum absolute atomic E-state index is 0.0766. The molecular formula is C12H16N2O5S. The van der Waals surface area contributed by atoms with Crippen molar-refractivity contribution in [3.8, 4) is 0 Å². The van der Waals surface area contributed by atoms with Gasteiger partial charge in [0, 0.05) is 20.1 Å². The molecule has 0 aliphatic heterocycles. The van der Waals surface area contributed by atoms with Gasteiger partial charge in [0.15, 0.2) is 6.10 Å². The van der Waals surface area contributed by atoms with Crippen LogP contribution in [0.25, 0.3) is 0 Å². The van der Waals surface area contributed by atoms with E-state index >= 15 is 0 Å². The number of rotatable bonds is 8. The number of methoxy groups -OCH3 is 1. The summed E-state index contributed by atoms with van der Waals surface area (Å²) >= 11 is 1.32. The molecule has 0 fully saturated rings. The quantitative estimate of drug-likeness (QED) is 0.631. The maximum Gasteiger partial charge on any atom is 0.334 e. The zero-order valence-corrected chi connectivity index (χ0v) is 11.7. The molecule has 0 saturated heterocycles. The van der Waals surface area contributed by atoms with Crippen LogP contribution in [0.3, 0.4) is 0 Å². The Labute approximate surface area is 119 Å². The molecule has 0 radical (unpaired) electrons. The Morgan fingerprint density at radius 3 is 2.70 bits per heavy atom. The number of ether oxygens (including phenoxy) is 1. The normalized spacial score (nSPS) is 11.7. The lowest BCUT2D eigenvalue weighted by atomic mass is 10.3. The highest BCUT2D eigenvalue weighted by molar-refractivity contribution is 7.12. The van der Waals surface area contributed by atoms with Crippen molar-refractivity contribution in [1.29, 1.82) is 0 Å². The van der Waals surface area contributed by atoms with Crippen molar-refractivity contribution in [2.75, 3.05) is 20.2 Å². The van der Waals surface area contributed by atoms with Gasteiger partial charge in [-0.25, -0.2) is 4.79 Å². The summed E-state index contributed by atoms with van der Waals surface area (Å²) in [5, 5.41) is 15.5. The summed E-state index contributed by atoms with van der Waals surface area (Å²) in [6.07, 6.45) is -0.993. The number of aliphatic carboxylic acids is 1. The molecule has 1 unspecified atom stereocenters. The molecular weight excluding hydrogens is 284 g/mol. The van der Waals surface area contributed by atoms with E-state index in [-0.39, 0.29) is 31.3 Å². The van der Waals surface area contributed by atoms with Crippen molar-refractivity contribution in [2.45, 2.75) is 12.5 Å². The molecule has 8 heteroatoms. The molecule has 1 heterocycles. The van der Waals surface area contributed by atoms with Crippen LogP contribution in [0.4, 0.5) is 0 Å². The van der Waals surface area contributed by atoms with Gasteiger partial charge in [-0.05, 0) is 11.4 Å². The fourth-order valence-corrected chi connectivity index (χ4v) is 1.99. The molecule has 0 aromatic carbocycles. The molecule has 1 atom stereocenters. The third-order valence-corrected chi connectivity index (χ3v) is 3.30. The van der Waals surface area contributed by atoms with E-state index < -0.39 is 12.1 Å². The summed E-state index contributed by atoms with van der Waals surface area (Å²) in [6, 6.07) is 3.46. The molecule has 7 nitrogen and oxygen atoms in total. The van der Waals surface area contributed by atoms with E-state index in [9.17, 15) is 14.4 Å². The van der Waals surface area contributed by atoms with E-state index in [0.29, 0.717) is 4.88 Å². The number of carbonyl (C=O) groups is 3. The maximum absolute atomic E-state index is 11.6. The van der Waals surface area contributed by atoms with E-state index in [1.165, 1.54) is 18.4 Å². The number of hydrogen-bond acceptors (Lipinski definition) is 5. The van der Waals surface area contributed by atoms with Crippen LogP contribution in [0, 0.1) is 0 Å². The molecule has 1 rings (SSSR count). The van der Waals surface area contributed by atoms with Gasteiger partial charge in [-0.15, -0.1) is 11.3 Å². The van der Waals surface area contributed by atoms with Crippen molar-refractivity contribution in [3.05, 3.63) is 22.4 Å². The molecule has 3 N–H and O–H groups in total. The first kappa shape index (κ1) is 16.1. The SMILES string of the molecule is COC(CNC(=O)CCNC(=O)c1cccs1)C(=O)O. The fraction of sp³-hybridized carbons (Fsp3) is 0.417. The van der Waals surface area contributed by atoms with Gasteiger partial charge in [0.2, 0.25) is 5.91 Å². The van der Waals surface area contributed by atoms with Gasteiger partial charge < -0.3 is 20.5 Å². The Morgan fingerprint density at radius 2 is 2.15 bits per heavy atom. The molecule has 0 saturated carbocycles. The lowest BCUT2D eigenvalue weighted by Crippen LogP contribution is -2.39. The lowest BCUT2D eigenvalue weighted by Gasteiger charge is -2.11. The van der Waals surface area contributed by atoms with Crippen LogP contribution >= 0.6 is 11.3 Å². The summed E-state index contributed by atoms with van der Waals surface area (Å²) in [6.45, 7) is 0.0802. The van der Waals surface area contributed by atoms with Crippen LogP contribution in [0.1, 0.15) is 16.1 Å². The number of thiophene rings is 1. The Bertz CT molecular complexity index is 460. The number of amides is 2. The van der Waals surface area contributed by atoms with Crippen LogP contribution in [-0.4, -0.2) is 49.2 Å². The fourth-order valence-electron chi connectivity index (χ4n) is 1.35. The van der Waals surface area contributed by atoms with E-state index in [1.807, 2.05) is 0 Å². The highest BCUT2D eigenvalue weighted by Crippen LogP contribution is 2.07. The number of carboxylic acid groups (broad SMARTS) is 1. The molecule has 20 heavy (non-hydrogen) atoms. The smallest absolute Gasteiger partial charge is 0.334 e. The first-order valence-electron chi connectivity index (χ1n) is 5.88. The van der Waals surface area contributed by atoms with E-state index in [2.05, 4.69) is 15.4 Å². The van der Waals surface area contributed by atoms with Crippen molar-refractivity contribution in [1.82, 2.24) is 10.6 Å². The average Bonchev–Trinajstić information content (AvgIpc) is 2.92. The molecule has 0 bridgehead atoms. The zero-order chi connectivity index (χ0) is 15.0. The molecule has 0 spiro atoms. The minimum atomic E-state index is -1.14. The zero-order valence-electron chi connectivity index (χ0n) is 10.9. The van der Waals surface area contributed by atoms with Crippen molar-refractivity contribution in [2.24, 2.45) is 0 Å². The van der Waals surface area contributed by atoms with Crippen molar-refractivity contribution in [3.63, 3.8) is 0 Å². The third-order valence-electron chi connectivity index (χ3n) is 2.43. The van der Waals surface area contributed by atoms with Crippen LogP contribution in [0.5, 0.6) is 0 Å². The molecule has 110 valence electrons. The predicted molar refractivity (Wildman–Crippen MR) is 72.7 cm³/mol. The van der Waals surface area contributed by atoms with Crippen LogP contribution in [0.2, 0.25) is 0 Å². The maximum atomic E-state index is 11.6. The van der Waals surface area contributed by atoms with E-state index in [0.717, 1.165) is 0 Å². The second-order valence-electron chi connectivity index (χ2n) is 3.85. The standard InChI is InChI=1S/C12H16N2O5S/c1-19-8(12(17)18)7-14-10(15)4-5-13-11(16)9-3-2-6-20-9/h2-3,6,8H,4-5,7H2,1H3,(H,13,16)(H,14,15)(H,17,18). The second kappa shape index (κ2) is 8.28. The number of carbonyl (C=O) groups excluding carboxylic acids is 2. The highest BCUT2D eigenvalue weighted by atomic mass is 32.1. The Balaban J connectivity index is 2.20. The number of carboxylic acids is 1. The average molecular weight is 300 g/mol. The topological polar surface area (TPSA) is 105 Å². The summed E-state index contributed by atoms with van der Waals surface area (Å²) in [5.74, 6) is -1.72. The lowest BCUT2D eigenvalue weighted by molar-refractivity contribution is -0.148. The number of hydrogen-bond donors (Lipinski definition) is 3. The van der Waals surface area contributed by atoms with Crippen LogP contribution < -0.4 is 10.6 Å². The number of nitrogens with one attached hydrogen (secondary N) is 2. The van der Waals surface area contributed by atoms with Gasteiger partial charge in [-0.1, -0.05) is 6.07 Å². The summed E-state index contributed by atoms with van der Waals surface area (Å²) in [7, 11) is 1.26. The second-order valence-corrected chi connectivity index (χ2v) is 4.80. The van der Waals surface area contributed by atoms with Crippen molar-refractivity contribution >= 4 is 29.1 Å². The summed E-state index contributed by atoms with van der Waals surface area (Å²) in [4.78, 5) is 34.2. The van der Waals surface area contributed by atoms with Gasteiger partial charge in [-0.2, -0.15) is 0 Å². The van der Waals surface area contributed by atoms with Crippen LogP contribution in [0.15, 0.2) is 17.5 Å². The first-order chi connectivity index (χ1) is 9.54. The first-order valence-corrected chi connectivity index (χ1v) is 6.76. The van der Waals surface area contributed by atoms with Crippen molar-refractivity contribution < 1.29 is 24.2 Å². The summed E-state index contributed by atoms with van der Waals surface area (Å²) < 4.78 is 4.67. The van der Waals surface area contributed by atoms with Gasteiger partial charge >= 0.3 is 5.97 Å². The van der Waals surface area contributed by atoms with Crippen LogP contribution in [-0.2, 0) is 14.3 Å². The molecule has 0 aliphatic rings. The molecule has 1 aromatic heterocycles. The largest absolute Gasteiger partial charge is 0.479 e. The Kier molecular flexibility index (Phi) is 6.68. The predicted octanol–water partition coefficient (Wildman–Crippen LogP) is 0.0838. The van der Waals surface area contributed by atoms with Gasteiger partial charge in [-0.3, -0.25) is 9.59 Å². The van der Waals surface area contributed by atoms with Gasteiger partial charge in [0.05, 0.1) is 11.4 Å². The minimum Gasteiger partial charge on any atom is -0.479 e. The summed E-state index contributed by atoms with van der Waals surface area (Å²) in [5.41, 5.74) is 0. The highest BCUT2D eigenvalue weighted by Gasteiger charge is 2.17. The van der Waals surface area contributed by atoms with E-state index in [1.54, 1.807) is 17.5 Å². The third kappa shape index (κ3) is 5.37. The van der Waals surface area contributed by atoms with E-state index in [4.69, 9.17) is 5.11 Å². The van der Waals surface area contributed by atoms with Gasteiger partial charge in [0.25, 0.3) is 5.91 Å². The van der Waals surface area contributed by atoms with Gasteiger partial charge in [0.1, 0.15) is 0 Å². The molecule has 1 aromatic rings. The Morgan fingerprint density at radius 1 is 1.40 bits per heavy atom. The molecule has 0 aliphatic carbocycles.